The van der Waals surface area contributed by atoms with Gasteiger partial charge in [0, 0.05) is 17.3 Å². The Hall–Kier alpha value is -3.74. The topological polar surface area (TPSA) is 58.6 Å². The normalized spacial score (nSPS) is 17.5. The van der Waals surface area contributed by atoms with Gasteiger partial charge >= 0.3 is 0 Å². The van der Waals surface area contributed by atoms with Crippen LogP contribution < -0.4 is 10.1 Å². The molecule has 0 saturated heterocycles. The fraction of sp³-hybridized carbons (Fsp3) is 0.231. The number of benzene rings is 3. The van der Waals surface area contributed by atoms with E-state index < -0.39 is 17.5 Å². The first kappa shape index (κ1) is 21.1. The van der Waals surface area contributed by atoms with Crippen molar-refractivity contribution in [3.8, 4) is 5.75 Å². The van der Waals surface area contributed by atoms with E-state index in [9.17, 15) is 18.4 Å². The molecule has 0 bridgehead atoms. The molecule has 3 aromatic carbocycles. The van der Waals surface area contributed by atoms with Crippen molar-refractivity contribution in [3.05, 3.63) is 94.6 Å². The summed E-state index contributed by atoms with van der Waals surface area (Å²) >= 11 is 0. The average Bonchev–Trinajstić information content (AvgIpc) is 2.97. The number of anilines is 1. The van der Waals surface area contributed by atoms with Crippen LogP contribution in [-0.4, -0.2) is 23.3 Å². The number of ether oxygens (including phenoxy) is 1. The van der Waals surface area contributed by atoms with E-state index >= 15 is 0 Å². The van der Waals surface area contributed by atoms with Crippen molar-refractivity contribution in [2.24, 2.45) is 0 Å². The Labute approximate surface area is 190 Å². The first-order valence-electron chi connectivity index (χ1n) is 10.9. The molecule has 33 heavy (non-hydrogen) atoms. The van der Waals surface area contributed by atoms with Crippen LogP contribution in [0.3, 0.4) is 0 Å². The van der Waals surface area contributed by atoms with Crippen molar-refractivity contribution in [1.29, 1.82) is 0 Å². The van der Waals surface area contributed by atoms with Crippen molar-refractivity contribution in [1.82, 2.24) is 4.90 Å². The quantitative estimate of drug-likeness (QED) is 0.613. The van der Waals surface area contributed by atoms with Crippen LogP contribution in [0.25, 0.3) is 0 Å². The van der Waals surface area contributed by atoms with Gasteiger partial charge in [0.1, 0.15) is 17.4 Å². The summed E-state index contributed by atoms with van der Waals surface area (Å²) in [5.74, 6) is -1.89. The van der Waals surface area contributed by atoms with Crippen molar-refractivity contribution < 1.29 is 23.1 Å². The lowest BCUT2D eigenvalue weighted by Crippen LogP contribution is -2.37. The molecule has 1 unspecified atom stereocenters. The highest BCUT2D eigenvalue weighted by Crippen LogP contribution is 2.37. The van der Waals surface area contributed by atoms with Gasteiger partial charge in [-0.05, 0) is 60.7 Å². The van der Waals surface area contributed by atoms with Crippen molar-refractivity contribution in [2.75, 3.05) is 11.9 Å². The van der Waals surface area contributed by atoms with Gasteiger partial charge < -0.3 is 15.0 Å². The summed E-state index contributed by atoms with van der Waals surface area (Å²) in [5.41, 5.74) is 3.36. The molecule has 0 aromatic heterocycles. The van der Waals surface area contributed by atoms with Gasteiger partial charge in [0.05, 0.1) is 18.2 Å². The zero-order chi connectivity index (χ0) is 22.9. The molecule has 0 spiro atoms. The van der Waals surface area contributed by atoms with Crippen LogP contribution in [-0.2, 0) is 17.8 Å². The number of rotatable bonds is 3. The van der Waals surface area contributed by atoms with Gasteiger partial charge in [-0.1, -0.05) is 24.3 Å². The molecule has 5 nitrogen and oxygen atoms in total. The Morgan fingerprint density at radius 3 is 2.73 bits per heavy atom. The smallest absolute Gasteiger partial charge is 0.261 e. The maximum Gasteiger partial charge on any atom is 0.261 e. The molecule has 3 aromatic rings. The van der Waals surface area contributed by atoms with E-state index in [1.54, 1.807) is 18.2 Å². The Kier molecular flexibility index (Phi) is 5.54. The molecule has 1 atom stereocenters. The second-order valence-electron chi connectivity index (χ2n) is 8.32. The molecule has 2 aliphatic rings. The van der Waals surface area contributed by atoms with Gasteiger partial charge in [0.2, 0.25) is 0 Å². The van der Waals surface area contributed by atoms with E-state index in [-0.39, 0.29) is 24.1 Å². The van der Waals surface area contributed by atoms with Gasteiger partial charge in [-0.3, -0.25) is 9.59 Å². The number of nitrogens with one attached hydrogen (secondary N) is 1. The number of carbonyl (C=O) groups is 2. The van der Waals surface area contributed by atoms with Gasteiger partial charge in [-0.15, -0.1) is 0 Å². The highest BCUT2D eigenvalue weighted by Gasteiger charge is 2.32. The molecule has 0 radical (unpaired) electrons. The third-order valence-electron chi connectivity index (χ3n) is 6.22. The molecule has 1 aliphatic heterocycles. The standard InChI is InChI=1S/C26H22F2N2O3/c27-18-8-10-21(22(28)13-18)26(32)29-19-9-11-24-17(12-19)14-30(25(31)15-33-24)23-7-3-5-16-4-1-2-6-20(16)23/h1-2,4,6,8-13,23H,3,5,7,14-15H2,(H,29,32). The number of hydrogen-bond acceptors (Lipinski definition) is 3. The molecule has 168 valence electrons. The van der Waals surface area contributed by atoms with Crippen molar-refractivity contribution in [3.63, 3.8) is 0 Å². The van der Waals surface area contributed by atoms with Crippen LogP contribution >= 0.6 is 0 Å². The number of nitrogens with zero attached hydrogens (tertiary/aromatic N) is 1. The van der Waals surface area contributed by atoms with Crippen molar-refractivity contribution >= 4 is 17.5 Å². The molecule has 7 heteroatoms. The Morgan fingerprint density at radius 1 is 1.03 bits per heavy atom. The summed E-state index contributed by atoms with van der Waals surface area (Å²) < 4.78 is 32.9. The fourth-order valence-electron chi connectivity index (χ4n) is 4.62. The third-order valence-corrected chi connectivity index (χ3v) is 6.22. The molecule has 5 rings (SSSR count). The first-order valence-corrected chi connectivity index (χ1v) is 10.9. The summed E-state index contributed by atoms with van der Waals surface area (Å²) in [6.45, 7) is 0.278. The number of hydrogen-bond donors (Lipinski definition) is 1. The van der Waals surface area contributed by atoms with Crippen LogP contribution in [0.1, 0.15) is 45.9 Å². The largest absolute Gasteiger partial charge is 0.483 e. The lowest BCUT2D eigenvalue weighted by molar-refractivity contribution is -0.136. The van der Waals surface area contributed by atoms with Crippen LogP contribution in [0.2, 0.25) is 0 Å². The van der Waals surface area contributed by atoms with Crippen LogP contribution in [0.4, 0.5) is 14.5 Å². The SMILES string of the molecule is O=C(Nc1ccc2c(c1)CN(C1CCCc3ccccc31)C(=O)CO2)c1ccc(F)cc1F. The molecule has 1 aliphatic carbocycles. The minimum atomic E-state index is -0.932. The Bertz CT molecular complexity index is 1240. The Balaban J connectivity index is 1.41. The van der Waals surface area contributed by atoms with Gasteiger partial charge in [0.15, 0.2) is 6.61 Å². The van der Waals surface area contributed by atoms with E-state index in [1.807, 2.05) is 17.0 Å². The number of carbonyl (C=O) groups excluding carboxylic acids is 2. The van der Waals surface area contributed by atoms with Gasteiger partial charge in [-0.25, -0.2) is 8.78 Å². The maximum absolute atomic E-state index is 14.0. The average molecular weight is 448 g/mol. The first-order chi connectivity index (χ1) is 16.0. The molecular weight excluding hydrogens is 426 g/mol. The van der Waals surface area contributed by atoms with E-state index in [2.05, 4.69) is 17.4 Å². The molecule has 1 N–H and O–H groups in total. The summed E-state index contributed by atoms with van der Waals surface area (Å²) in [4.78, 5) is 27.3. The zero-order valence-electron chi connectivity index (χ0n) is 17.8. The van der Waals surface area contributed by atoms with E-state index in [0.717, 1.165) is 42.5 Å². The number of fused-ring (bicyclic) bond motifs is 2. The minimum Gasteiger partial charge on any atom is -0.483 e. The van der Waals surface area contributed by atoms with Crippen LogP contribution in [0, 0.1) is 11.6 Å². The summed E-state index contributed by atoms with van der Waals surface area (Å²) in [7, 11) is 0. The predicted octanol–water partition coefficient (Wildman–Crippen LogP) is 5.02. The van der Waals surface area contributed by atoms with E-state index in [0.29, 0.717) is 24.0 Å². The monoisotopic (exact) mass is 448 g/mol. The minimum absolute atomic E-state index is 0.0384. The maximum atomic E-state index is 14.0. The third kappa shape index (κ3) is 4.18. The van der Waals surface area contributed by atoms with Gasteiger partial charge in [0.25, 0.3) is 11.8 Å². The molecule has 1 heterocycles. The lowest BCUT2D eigenvalue weighted by atomic mass is 9.86. The Morgan fingerprint density at radius 2 is 1.88 bits per heavy atom. The highest BCUT2D eigenvalue weighted by atomic mass is 19.1. The second-order valence-corrected chi connectivity index (χ2v) is 8.32. The predicted molar refractivity (Wildman–Crippen MR) is 119 cm³/mol. The highest BCUT2D eigenvalue weighted by molar-refractivity contribution is 6.04. The number of halogens is 2. The van der Waals surface area contributed by atoms with Gasteiger partial charge in [-0.2, -0.15) is 0 Å². The van der Waals surface area contributed by atoms with E-state index in [1.165, 1.54) is 5.56 Å². The van der Waals surface area contributed by atoms with E-state index in [4.69, 9.17) is 4.74 Å². The number of amides is 2. The molecule has 2 amide bonds. The van der Waals surface area contributed by atoms with Crippen molar-refractivity contribution in [2.45, 2.75) is 31.8 Å². The zero-order valence-corrected chi connectivity index (χ0v) is 17.8. The summed E-state index contributed by atoms with van der Waals surface area (Å²) in [5, 5.41) is 2.65. The summed E-state index contributed by atoms with van der Waals surface area (Å²) in [6.07, 6.45) is 2.87. The molecule has 0 saturated carbocycles. The van der Waals surface area contributed by atoms with Crippen LogP contribution in [0.15, 0.2) is 60.7 Å². The fourth-order valence-corrected chi connectivity index (χ4v) is 4.62. The summed E-state index contributed by atoms with van der Waals surface area (Å²) in [6, 6.07) is 16.0. The second kappa shape index (κ2) is 8.65. The van der Waals surface area contributed by atoms with Crippen LogP contribution in [0.5, 0.6) is 5.75 Å². The molecular formula is C26H22F2N2O3. The molecule has 0 fully saturated rings. The number of aryl methyl sites for hydroxylation is 1. The lowest BCUT2D eigenvalue weighted by Gasteiger charge is -2.35.